The summed E-state index contributed by atoms with van der Waals surface area (Å²) in [6.07, 6.45) is 7.67. The van der Waals surface area contributed by atoms with E-state index in [0.717, 1.165) is 62.5 Å². The zero-order valence-corrected chi connectivity index (χ0v) is 16.6. The number of benzene rings is 2. The quantitative estimate of drug-likeness (QED) is 0.839. The first kappa shape index (κ1) is 19.4. The third-order valence-electron chi connectivity index (χ3n) is 7.33. The first-order valence-corrected chi connectivity index (χ1v) is 10.8. The Labute approximate surface area is 168 Å². The molecule has 3 heteroatoms. The van der Waals surface area contributed by atoms with Crippen LogP contribution in [0.5, 0.6) is 0 Å². The summed E-state index contributed by atoms with van der Waals surface area (Å²) in [6, 6.07) is 20.2. The fourth-order valence-corrected chi connectivity index (χ4v) is 5.81. The molecule has 2 fully saturated rings. The zero-order valence-electron chi connectivity index (χ0n) is 16.6. The summed E-state index contributed by atoms with van der Waals surface area (Å²) in [7, 11) is 0. The molecule has 0 amide bonds. The first-order valence-electron chi connectivity index (χ1n) is 10.8. The van der Waals surface area contributed by atoms with Gasteiger partial charge in [-0.1, -0.05) is 86.3 Å². The molecular weight excluding hydrogens is 344 g/mol. The van der Waals surface area contributed by atoms with E-state index < -0.39 is 10.8 Å². The predicted molar refractivity (Wildman–Crippen MR) is 114 cm³/mol. The molecule has 2 saturated carbocycles. The fourth-order valence-electron chi connectivity index (χ4n) is 5.81. The number of carbonyl (C=O) groups excluding carboxylic acids is 1. The minimum Gasteiger partial charge on any atom is -0.326 e. The normalized spacial score (nSPS) is 33.4. The Bertz CT molecular complexity index is 738. The number of rotatable bonds is 4. The van der Waals surface area contributed by atoms with E-state index in [9.17, 15) is 4.79 Å². The van der Waals surface area contributed by atoms with Crippen molar-refractivity contribution in [2.45, 2.75) is 74.3 Å². The molecule has 2 aromatic rings. The van der Waals surface area contributed by atoms with E-state index in [2.05, 4.69) is 24.3 Å². The summed E-state index contributed by atoms with van der Waals surface area (Å²) >= 11 is 0. The molecule has 4 rings (SSSR count). The largest absolute Gasteiger partial charge is 0.326 e. The van der Waals surface area contributed by atoms with Gasteiger partial charge in [-0.3, -0.25) is 4.79 Å². The van der Waals surface area contributed by atoms with Crippen LogP contribution in [-0.4, -0.2) is 17.9 Å². The summed E-state index contributed by atoms with van der Waals surface area (Å²) in [4.78, 5) is 14.7. The molecule has 4 atom stereocenters. The fraction of sp³-hybridized carbons (Fsp3) is 0.480. The summed E-state index contributed by atoms with van der Waals surface area (Å²) in [6.45, 7) is 0. The molecule has 2 aliphatic carbocycles. The Morgan fingerprint density at radius 1 is 0.679 bits per heavy atom. The lowest BCUT2D eigenvalue weighted by atomic mass is 9.52. The van der Waals surface area contributed by atoms with E-state index in [-0.39, 0.29) is 17.9 Å². The maximum Gasteiger partial charge on any atom is 0.157 e. The van der Waals surface area contributed by atoms with Crippen LogP contribution < -0.4 is 11.5 Å². The Morgan fingerprint density at radius 3 is 1.43 bits per heavy atom. The molecule has 2 aliphatic rings. The molecule has 0 aromatic heterocycles. The van der Waals surface area contributed by atoms with Gasteiger partial charge >= 0.3 is 0 Å². The van der Waals surface area contributed by atoms with Crippen molar-refractivity contribution in [1.82, 2.24) is 0 Å². The third kappa shape index (κ3) is 2.92. The molecule has 4 unspecified atom stereocenters. The second-order valence-electron chi connectivity index (χ2n) is 8.71. The van der Waals surface area contributed by atoms with Gasteiger partial charge in [0.2, 0.25) is 0 Å². The van der Waals surface area contributed by atoms with E-state index in [0.29, 0.717) is 0 Å². The minimum atomic E-state index is -0.649. The molecule has 0 heterocycles. The van der Waals surface area contributed by atoms with E-state index >= 15 is 0 Å². The van der Waals surface area contributed by atoms with Gasteiger partial charge in [-0.25, -0.2) is 0 Å². The molecule has 148 valence electrons. The number of hydrogen-bond donors (Lipinski definition) is 2. The van der Waals surface area contributed by atoms with Crippen molar-refractivity contribution in [3.63, 3.8) is 0 Å². The number of hydrogen-bond acceptors (Lipinski definition) is 3. The molecule has 0 bridgehead atoms. The van der Waals surface area contributed by atoms with Crippen LogP contribution in [0, 0.1) is 0 Å². The van der Waals surface area contributed by atoms with Crippen LogP contribution in [0.2, 0.25) is 0 Å². The Kier molecular flexibility index (Phi) is 5.39. The van der Waals surface area contributed by atoms with Crippen molar-refractivity contribution < 1.29 is 4.79 Å². The van der Waals surface area contributed by atoms with Crippen LogP contribution in [0.15, 0.2) is 60.7 Å². The first-order chi connectivity index (χ1) is 13.6. The average Bonchev–Trinajstić information content (AvgIpc) is 2.75. The molecule has 4 N–H and O–H groups in total. The summed E-state index contributed by atoms with van der Waals surface area (Å²) in [5.41, 5.74) is 14.4. The van der Waals surface area contributed by atoms with Crippen LogP contribution in [0.4, 0.5) is 0 Å². The highest BCUT2D eigenvalue weighted by Crippen LogP contribution is 2.49. The SMILES string of the molecule is NC1CCCCC1(C(=O)C1(c2ccccc2)CCCCC1N)c1ccccc1. The molecular formula is C25H32N2O. The number of ketones is 1. The van der Waals surface area contributed by atoms with Crippen molar-refractivity contribution in [3.8, 4) is 0 Å². The standard InChI is InChI=1S/C25H32N2O/c26-21-15-7-9-17-24(21,19-11-3-1-4-12-19)23(28)25(18-10-8-16-22(25)27)20-13-5-2-6-14-20/h1-6,11-14,21-22H,7-10,15-18,26-27H2. The zero-order chi connectivity index (χ0) is 19.6. The monoisotopic (exact) mass is 376 g/mol. The van der Waals surface area contributed by atoms with Crippen LogP contribution in [0.25, 0.3) is 0 Å². The molecule has 0 radical (unpaired) electrons. The molecule has 0 saturated heterocycles. The summed E-state index contributed by atoms with van der Waals surface area (Å²) in [5.74, 6) is 0.261. The van der Waals surface area contributed by atoms with Crippen LogP contribution >= 0.6 is 0 Å². The number of carbonyl (C=O) groups is 1. The van der Waals surface area contributed by atoms with Crippen molar-refractivity contribution in [3.05, 3.63) is 71.8 Å². The second kappa shape index (κ2) is 7.81. The lowest BCUT2D eigenvalue weighted by Gasteiger charge is -2.51. The molecule has 3 nitrogen and oxygen atoms in total. The third-order valence-corrected chi connectivity index (χ3v) is 7.33. The highest BCUT2D eigenvalue weighted by molar-refractivity contribution is 6.00. The maximum atomic E-state index is 14.7. The minimum absolute atomic E-state index is 0.161. The molecule has 0 aliphatic heterocycles. The van der Waals surface area contributed by atoms with E-state index in [1.165, 1.54) is 0 Å². The number of nitrogens with two attached hydrogens (primary N) is 2. The highest BCUT2D eigenvalue weighted by Gasteiger charge is 2.57. The van der Waals surface area contributed by atoms with E-state index in [1.54, 1.807) is 0 Å². The van der Waals surface area contributed by atoms with Gasteiger partial charge in [0.05, 0.1) is 10.8 Å². The maximum absolute atomic E-state index is 14.7. The van der Waals surface area contributed by atoms with Crippen molar-refractivity contribution >= 4 is 5.78 Å². The topological polar surface area (TPSA) is 69.1 Å². The van der Waals surface area contributed by atoms with Crippen molar-refractivity contribution in [1.29, 1.82) is 0 Å². The van der Waals surface area contributed by atoms with Crippen LogP contribution in [0.3, 0.4) is 0 Å². The van der Waals surface area contributed by atoms with Gasteiger partial charge in [-0.2, -0.15) is 0 Å². The van der Waals surface area contributed by atoms with Gasteiger partial charge in [-0.15, -0.1) is 0 Å². The van der Waals surface area contributed by atoms with Crippen LogP contribution in [-0.2, 0) is 15.6 Å². The van der Waals surface area contributed by atoms with E-state index in [4.69, 9.17) is 11.5 Å². The molecule has 2 aromatic carbocycles. The van der Waals surface area contributed by atoms with Crippen molar-refractivity contribution in [2.75, 3.05) is 0 Å². The Morgan fingerprint density at radius 2 is 1.07 bits per heavy atom. The van der Waals surface area contributed by atoms with Gasteiger partial charge < -0.3 is 11.5 Å². The molecule has 28 heavy (non-hydrogen) atoms. The summed E-state index contributed by atoms with van der Waals surface area (Å²) in [5, 5.41) is 0. The van der Waals surface area contributed by atoms with Gasteiger partial charge in [0, 0.05) is 12.1 Å². The second-order valence-corrected chi connectivity index (χ2v) is 8.71. The lowest BCUT2D eigenvalue weighted by Crippen LogP contribution is -2.64. The average molecular weight is 377 g/mol. The lowest BCUT2D eigenvalue weighted by molar-refractivity contribution is -0.134. The van der Waals surface area contributed by atoms with Gasteiger partial charge in [-0.05, 0) is 36.8 Å². The Hall–Kier alpha value is -1.97. The van der Waals surface area contributed by atoms with Crippen LogP contribution in [0.1, 0.15) is 62.5 Å². The van der Waals surface area contributed by atoms with Gasteiger partial charge in [0.15, 0.2) is 5.78 Å². The van der Waals surface area contributed by atoms with E-state index in [1.807, 2.05) is 36.4 Å². The summed E-state index contributed by atoms with van der Waals surface area (Å²) < 4.78 is 0. The highest BCUT2D eigenvalue weighted by atomic mass is 16.1. The van der Waals surface area contributed by atoms with Gasteiger partial charge in [0.1, 0.15) is 0 Å². The molecule has 0 spiro atoms. The Balaban J connectivity index is 1.91. The number of Topliss-reactive ketones (excluding diaryl/α,β-unsaturated/α-hetero) is 1. The smallest absolute Gasteiger partial charge is 0.157 e. The van der Waals surface area contributed by atoms with Crippen molar-refractivity contribution in [2.24, 2.45) is 11.5 Å². The predicted octanol–water partition coefficient (Wildman–Crippen LogP) is 4.23. The van der Waals surface area contributed by atoms with Gasteiger partial charge in [0.25, 0.3) is 0 Å².